The molecule has 0 saturated carbocycles. The minimum Gasteiger partial charge on any atom is -0.480 e. The molecule has 0 unspecified atom stereocenters. The Labute approximate surface area is 105 Å². The van der Waals surface area contributed by atoms with Gasteiger partial charge in [-0.05, 0) is 18.4 Å². The number of aliphatic hydroxyl groups is 1. The van der Waals surface area contributed by atoms with Gasteiger partial charge in [0.2, 0.25) is 0 Å². The van der Waals surface area contributed by atoms with Gasteiger partial charge in [-0.25, -0.2) is 4.79 Å². The Hall–Kier alpha value is -1.88. The van der Waals surface area contributed by atoms with E-state index in [2.05, 4.69) is 0 Å². The van der Waals surface area contributed by atoms with Crippen LogP contribution in [-0.4, -0.2) is 39.6 Å². The molecule has 2 rings (SSSR count). The smallest absolute Gasteiger partial charge is 0.326 e. The SMILES string of the molecule is O=C(O)[C@H]1CCCN1C(=O)[C@@H](O)c1ccccc1. The Morgan fingerprint density at radius 1 is 1.28 bits per heavy atom. The summed E-state index contributed by atoms with van der Waals surface area (Å²) in [6, 6.07) is 7.73. The topological polar surface area (TPSA) is 77.8 Å². The molecule has 0 radical (unpaired) electrons. The number of amides is 1. The monoisotopic (exact) mass is 249 g/mol. The van der Waals surface area contributed by atoms with Gasteiger partial charge in [-0.1, -0.05) is 30.3 Å². The molecule has 5 heteroatoms. The Bertz CT molecular complexity index is 446. The van der Waals surface area contributed by atoms with Crippen LogP contribution in [0.5, 0.6) is 0 Å². The molecule has 0 bridgehead atoms. The lowest BCUT2D eigenvalue weighted by Gasteiger charge is -2.24. The third kappa shape index (κ3) is 2.36. The van der Waals surface area contributed by atoms with Crippen LogP contribution in [0.2, 0.25) is 0 Å². The third-order valence-electron chi connectivity index (χ3n) is 3.17. The molecule has 1 amide bonds. The van der Waals surface area contributed by atoms with Gasteiger partial charge in [-0.2, -0.15) is 0 Å². The summed E-state index contributed by atoms with van der Waals surface area (Å²) >= 11 is 0. The van der Waals surface area contributed by atoms with Crippen LogP contribution in [-0.2, 0) is 9.59 Å². The molecule has 5 nitrogen and oxygen atoms in total. The van der Waals surface area contributed by atoms with E-state index in [-0.39, 0.29) is 0 Å². The number of carboxylic acid groups (broad SMARTS) is 1. The van der Waals surface area contributed by atoms with Crippen LogP contribution in [0, 0.1) is 0 Å². The third-order valence-corrected chi connectivity index (χ3v) is 3.17. The van der Waals surface area contributed by atoms with Crippen LogP contribution in [0.3, 0.4) is 0 Å². The van der Waals surface area contributed by atoms with E-state index in [9.17, 15) is 14.7 Å². The van der Waals surface area contributed by atoms with Gasteiger partial charge in [0.25, 0.3) is 5.91 Å². The van der Waals surface area contributed by atoms with Gasteiger partial charge < -0.3 is 15.1 Å². The quantitative estimate of drug-likeness (QED) is 0.830. The summed E-state index contributed by atoms with van der Waals surface area (Å²) in [5.74, 6) is -1.55. The number of carboxylic acids is 1. The van der Waals surface area contributed by atoms with E-state index in [0.29, 0.717) is 24.9 Å². The molecule has 0 aliphatic carbocycles. The molecule has 1 aliphatic rings. The molecule has 1 fully saturated rings. The molecular formula is C13H15NO4. The standard InChI is InChI=1S/C13H15NO4/c15-11(9-5-2-1-3-6-9)12(16)14-8-4-7-10(14)13(17)18/h1-3,5-6,10-11,15H,4,7-8H2,(H,17,18)/t10-,11+/m1/s1. The predicted molar refractivity (Wildman–Crippen MR) is 63.8 cm³/mol. The molecule has 96 valence electrons. The number of likely N-dealkylation sites (tertiary alicyclic amines) is 1. The van der Waals surface area contributed by atoms with Crippen molar-refractivity contribution in [1.29, 1.82) is 0 Å². The first-order chi connectivity index (χ1) is 8.61. The number of benzene rings is 1. The van der Waals surface area contributed by atoms with E-state index in [1.54, 1.807) is 30.3 Å². The Kier molecular flexibility index (Phi) is 3.62. The molecule has 2 N–H and O–H groups in total. The molecule has 1 saturated heterocycles. The maximum absolute atomic E-state index is 12.1. The normalized spacial score (nSPS) is 20.7. The highest BCUT2D eigenvalue weighted by molar-refractivity contribution is 5.87. The maximum atomic E-state index is 12.1. The van der Waals surface area contributed by atoms with Gasteiger partial charge >= 0.3 is 5.97 Å². The van der Waals surface area contributed by atoms with Crippen LogP contribution < -0.4 is 0 Å². The second-order valence-corrected chi connectivity index (χ2v) is 4.34. The Balaban J connectivity index is 2.14. The summed E-state index contributed by atoms with van der Waals surface area (Å²) in [4.78, 5) is 24.3. The minimum atomic E-state index is -1.29. The second-order valence-electron chi connectivity index (χ2n) is 4.34. The van der Waals surface area contributed by atoms with Crippen LogP contribution in [0.15, 0.2) is 30.3 Å². The molecular weight excluding hydrogens is 234 g/mol. The number of hydrogen-bond acceptors (Lipinski definition) is 3. The Morgan fingerprint density at radius 3 is 2.56 bits per heavy atom. The van der Waals surface area contributed by atoms with E-state index in [4.69, 9.17) is 5.11 Å². The van der Waals surface area contributed by atoms with Gasteiger partial charge in [-0.3, -0.25) is 4.79 Å². The number of rotatable bonds is 3. The van der Waals surface area contributed by atoms with Crippen LogP contribution in [0.4, 0.5) is 0 Å². The first kappa shape index (κ1) is 12.6. The summed E-state index contributed by atoms with van der Waals surface area (Å²) in [7, 11) is 0. The van der Waals surface area contributed by atoms with Crippen LogP contribution in [0.1, 0.15) is 24.5 Å². The fourth-order valence-electron chi connectivity index (χ4n) is 2.22. The zero-order chi connectivity index (χ0) is 13.1. The maximum Gasteiger partial charge on any atom is 0.326 e. The number of aliphatic carboxylic acids is 1. The minimum absolute atomic E-state index is 0.389. The fraction of sp³-hybridized carbons (Fsp3) is 0.385. The van der Waals surface area contributed by atoms with E-state index in [0.717, 1.165) is 0 Å². The average molecular weight is 249 g/mol. The van der Waals surface area contributed by atoms with Crippen molar-refractivity contribution < 1.29 is 19.8 Å². The van der Waals surface area contributed by atoms with Crippen molar-refractivity contribution >= 4 is 11.9 Å². The molecule has 0 spiro atoms. The number of hydrogen-bond donors (Lipinski definition) is 2. The van der Waals surface area contributed by atoms with Crippen LogP contribution in [0.25, 0.3) is 0 Å². The fourth-order valence-corrected chi connectivity index (χ4v) is 2.22. The van der Waals surface area contributed by atoms with Crippen molar-refractivity contribution in [1.82, 2.24) is 4.90 Å². The molecule has 1 aromatic carbocycles. The lowest BCUT2D eigenvalue weighted by atomic mass is 10.1. The predicted octanol–water partition coefficient (Wildman–Crippen LogP) is 0.796. The van der Waals surface area contributed by atoms with Crippen LogP contribution >= 0.6 is 0 Å². The highest BCUT2D eigenvalue weighted by Gasteiger charge is 2.36. The molecule has 2 atom stereocenters. The van der Waals surface area contributed by atoms with E-state index in [1.807, 2.05) is 0 Å². The lowest BCUT2D eigenvalue weighted by Crippen LogP contribution is -2.42. The molecule has 0 aromatic heterocycles. The van der Waals surface area contributed by atoms with E-state index >= 15 is 0 Å². The summed E-state index contributed by atoms with van der Waals surface area (Å²) < 4.78 is 0. The number of carbonyl (C=O) groups excluding carboxylic acids is 1. The highest BCUT2D eigenvalue weighted by Crippen LogP contribution is 2.23. The average Bonchev–Trinajstić information content (AvgIpc) is 2.87. The molecule has 1 heterocycles. The first-order valence-electron chi connectivity index (χ1n) is 5.87. The highest BCUT2D eigenvalue weighted by atomic mass is 16.4. The second kappa shape index (κ2) is 5.18. The summed E-state index contributed by atoms with van der Waals surface area (Å²) in [5.41, 5.74) is 0.485. The van der Waals surface area contributed by atoms with Gasteiger partial charge in [0.15, 0.2) is 6.10 Å². The molecule has 1 aromatic rings. The van der Waals surface area contributed by atoms with Crippen molar-refractivity contribution in [2.24, 2.45) is 0 Å². The van der Waals surface area contributed by atoms with Crippen molar-refractivity contribution in [2.75, 3.05) is 6.54 Å². The molecule has 1 aliphatic heterocycles. The van der Waals surface area contributed by atoms with Crippen molar-refractivity contribution in [3.63, 3.8) is 0 Å². The largest absolute Gasteiger partial charge is 0.480 e. The first-order valence-corrected chi connectivity index (χ1v) is 5.87. The molecule has 18 heavy (non-hydrogen) atoms. The summed E-state index contributed by atoms with van der Waals surface area (Å²) in [6.07, 6.45) is -0.182. The van der Waals surface area contributed by atoms with Crippen molar-refractivity contribution in [3.8, 4) is 0 Å². The van der Waals surface area contributed by atoms with Gasteiger partial charge in [0.05, 0.1) is 0 Å². The number of nitrogens with zero attached hydrogens (tertiary/aromatic N) is 1. The van der Waals surface area contributed by atoms with Gasteiger partial charge in [0.1, 0.15) is 6.04 Å². The van der Waals surface area contributed by atoms with Gasteiger partial charge in [0, 0.05) is 6.54 Å². The van der Waals surface area contributed by atoms with Gasteiger partial charge in [-0.15, -0.1) is 0 Å². The summed E-state index contributed by atoms with van der Waals surface area (Å²) in [6.45, 7) is 0.389. The summed E-state index contributed by atoms with van der Waals surface area (Å²) in [5, 5.41) is 19.0. The van der Waals surface area contributed by atoms with Crippen molar-refractivity contribution in [3.05, 3.63) is 35.9 Å². The number of carbonyl (C=O) groups is 2. The Morgan fingerprint density at radius 2 is 1.94 bits per heavy atom. The zero-order valence-electron chi connectivity index (χ0n) is 9.82. The number of aliphatic hydroxyl groups excluding tert-OH is 1. The van der Waals surface area contributed by atoms with Crippen molar-refractivity contribution in [2.45, 2.75) is 25.0 Å². The van der Waals surface area contributed by atoms with E-state index < -0.39 is 24.0 Å². The zero-order valence-corrected chi connectivity index (χ0v) is 9.82. The lowest BCUT2D eigenvalue weighted by molar-refractivity contribution is -0.152. The van der Waals surface area contributed by atoms with E-state index in [1.165, 1.54) is 4.90 Å².